The van der Waals surface area contributed by atoms with Gasteiger partial charge in [-0.25, -0.2) is 8.42 Å². The van der Waals surface area contributed by atoms with Crippen molar-refractivity contribution in [2.45, 2.75) is 17.6 Å². The lowest BCUT2D eigenvalue weighted by Gasteiger charge is -2.11. The molecule has 5 nitrogen and oxygen atoms in total. The summed E-state index contributed by atoms with van der Waals surface area (Å²) in [6.07, 6.45) is 0.452. The normalized spacial score (nSPS) is 11.4. The van der Waals surface area contributed by atoms with E-state index in [1.54, 1.807) is 24.3 Å². The van der Waals surface area contributed by atoms with Crippen LogP contribution in [-0.4, -0.2) is 27.2 Å². The lowest BCUT2D eigenvalue weighted by molar-refractivity contribution is 0.300. The Kier molecular flexibility index (Phi) is 4.87. The van der Waals surface area contributed by atoms with E-state index in [0.717, 1.165) is 21.8 Å². The summed E-state index contributed by atoms with van der Waals surface area (Å²) in [7, 11) is -2.16. The first kappa shape index (κ1) is 15.8. The number of nitrogens with one attached hydrogen (secondary N) is 1. The third-order valence-corrected chi connectivity index (χ3v) is 5.86. The molecule has 1 aromatic carbocycles. The number of benzene rings is 1. The van der Waals surface area contributed by atoms with E-state index in [1.165, 1.54) is 7.11 Å². The topological polar surface area (TPSA) is 75.6 Å². The Morgan fingerprint density at radius 3 is 2.71 bits per heavy atom. The van der Waals surface area contributed by atoms with Gasteiger partial charge in [0.2, 0.25) is 0 Å². The van der Waals surface area contributed by atoms with Crippen LogP contribution in [0.2, 0.25) is 0 Å². The molecule has 0 bridgehead atoms. The Morgan fingerprint density at radius 1 is 1.29 bits per heavy atom. The van der Waals surface area contributed by atoms with E-state index in [4.69, 9.17) is 9.84 Å². The van der Waals surface area contributed by atoms with Crippen molar-refractivity contribution in [1.29, 1.82) is 0 Å². The van der Waals surface area contributed by atoms with Crippen LogP contribution < -0.4 is 9.46 Å². The summed E-state index contributed by atoms with van der Waals surface area (Å²) in [5.74, 6) is 0.469. The SMILES string of the molecule is COc1ccc(C)cc1NS(=O)(=O)c1ccc(CCO)s1. The van der Waals surface area contributed by atoms with E-state index in [0.29, 0.717) is 17.9 Å². The van der Waals surface area contributed by atoms with Crippen LogP contribution in [0.4, 0.5) is 5.69 Å². The average molecular weight is 327 g/mol. The first-order valence-electron chi connectivity index (χ1n) is 6.33. The molecule has 0 atom stereocenters. The molecule has 7 heteroatoms. The van der Waals surface area contributed by atoms with Crippen molar-refractivity contribution >= 4 is 27.0 Å². The van der Waals surface area contributed by atoms with E-state index in [9.17, 15) is 8.42 Å². The Bertz CT molecular complexity index is 722. The molecule has 2 N–H and O–H groups in total. The lowest BCUT2D eigenvalue weighted by atomic mass is 10.2. The smallest absolute Gasteiger partial charge is 0.271 e. The number of aliphatic hydroxyl groups excluding tert-OH is 1. The van der Waals surface area contributed by atoms with E-state index in [2.05, 4.69) is 4.72 Å². The zero-order chi connectivity index (χ0) is 15.5. The number of rotatable bonds is 6. The lowest BCUT2D eigenvalue weighted by Crippen LogP contribution is -2.12. The van der Waals surface area contributed by atoms with Crippen molar-refractivity contribution in [1.82, 2.24) is 0 Å². The summed E-state index contributed by atoms with van der Waals surface area (Å²) in [6, 6.07) is 8.54. The summed E-state index contributed by atoms with van der Waals surface area (Å²) in [4.78, 5) is 0.828. The van der Waals surface area contributed by atoms with Crippen molar-refractivity contribution in [3.05, 3.63) is 40.8 Å². The molecular weight excluding hydrogens is 310 g/mol. The van der Waals surface area contributed by atoms with Crippen LogP contribution in [0.25, 0.3) is 0 Å². The van der Waals surface area contributed by atoms with Crippen molar-refractivity contribution in [3.8, 4) is 5.75 Å². The van der Waals surface area contributed by atoms with Crippen LogP contribution in [0.5, 0.6) is 5.75 Å². The van der Waals surface area contributed by atoms with Gasteiger partial charge < -0.3 is 9.84 Å². The fourth-order valence-corrected chi connectivity index (χ4v) is 4.25. The first-order chi connectivity index (χ1) is 9.96. The monoisotopic (exact) mass is 327 g/mol. The van der Waals surface area contributed by atoms with Gasteiger partial charge in [-0.2, -0.15) is 0 Å². The molecule has 0 spiro atoms. The highest BCUT2D eigenvalue weighted by molar-refractivity contribution is 7.94. The number of hydrogen-bond acceptors (Lipinski definition) is 5. The summed E-state index contributed by atoms with van der Waals surface area (Å²) in [5, 5.41) is 8.89. The zero-order valence-corrected chi connectivity index (χ0v) is 13.4. The second-order valence-corrected chi connectivity index (χ2v) is 7.58. The number of thiophene rings is 1. The molecule has 0 fully saturated rings. The van der Waals surface area contributed by atoms with Gasteiger partial charge in [0, 0.05) is 17.9 Å². The minimum absolute atomic E-state index is 0.000861. The molecule has 0 saturated heterocycles. The Labute approximate surface area is 128 Å². The number of sulfonamides is 1. The quantitative estimate of drug-likeness (QED) is 0.854. The predicted octanol–water partition coefficient (Wildman–Crippen LogP) is 2.40. The summed E-state index contributed by atoms with van der Waals surface area (Å²) < 4.78 is 32.7. The zero-order valence-electron chi connectivity index (χ0n) is 11.8. The van der Waals surface area contributed by atoms with Crippen molar-refractivity contribution < 1.29 is 18.3 Å². The predicted molar refractivity (Wildman–Crippen MR) is 83.6 cm³/mol. The molecule has 1 heterocycles. The summed E-state index contributed by atoms with van der Waals surface area (Å²) in [5.41, 5.74) is 1.34. The molecule has 2 aromatic rings. The molecule has 1 aromatic heterocycles. The van der Waals surface area contributed by atoms with Crippen LogP contribution >= 0.6 is 11.3 Å². The first-order valence-corrected chi connectivity index (χ1v) is 8.63. The average Bonchev–Trinajstić information content (AvgIpc) is 2.88. The third-order valence-electron chi connectivity index (χ3n) is 2.86. The molecule has 114 valence electrons. The minimum Gasteiger partial charge on any atom is -0.495 e. The Hall–Kier alpha value is -1.57. The molecule has 0 amide bonds. The van der Waals surface area contributed by atoms with E-state index in [1.807, 2.05) is 13.0 Å². The number of hydrogen-bond donors (Lipinski definition) is 2. The fraction of sp³-hybridized carbons (Fsp3) is 0.286. The van der Waals surface area contributed by atoms with Gasteiger partial charge in [-0.1, -0.05) is 6.07 Å². The van der Waals surface area contributed by atoms with Gasteiger partial charge in [-0.05, 0) is 36.8 Å². The van der Waals surface area contributed by atoms with Crippen LogP contribution in [-0.2, 0) is 16.4 Å². The summed E-state index contributed by atoms with van der Waals surface area (Å²) in [6.45, 7) is 1.88. The van der Waals surface area contributed by atoms with Crippen LogP contribution in [0.1, 0.15) is 10.4 Å². The second-order valence-electron chi connectivity index (χ2n) is 4.50. The van der Waals surface area contributed by atoms with Gasteiger partial charge in [-0.3, -0.25) is 4.72 Å². The maximum absolute atomic E-state index is 12.4. The van der Waals surface area contributed by atoms with Crippen LogP contribution in [0, 0.1) is 6.92 Å². The van der Waals surface area contributed by atoms with Gasteiger partial charge in [-0.15, -0.1) is 11.3 Å². The van der Waals surface area contributed by atoms with Crippen molar-refractivity contribution in [3.63, 3.8) is 0 Å². The highest BCUT2D eigenvalue weighted by Crippen LogP contribution is 2.30. The number of ether oxygens (including phenoxy) is 1. The number of anilines is 1. The third kappa shape index (κ3) is 3.75. The standard InChI is InChI=1S/C14H17NO4S2/c1-10-3-5-13(19-2)12(9-10)15-21(17,18)14-6-4-11(20-14)7-8-16/h3-6,9,15-16H,7-8H2,1-2H3. The van der Waals surface area contributed by atoms with Gasteiger partial charge >= 0.3 is 0 Å². The molecule has 0 saturated carbocycles. The van der Waals surface area contributed by atoms with Gasteiger partial charge in [0.15, 0.2) is 0 Å². The van der Waals surface area contributed by atoms with Crippen LogP contribution in [0.3, 0.4) is 0 Å². The van der Waals surface area contributed by atoms with E-state index >= 15 is 0 Å². The van der Waals surface area contributed by atoms with Crippen molar-refractivity contribution in [2.24, 2.45) is 0 Å². The molecular formula is C14H17NO4S2. The van der Waals surface area contributed by atoms with Gasteiger partial charge in [0.25, 0.3) is 10.0 Å². The Morgan fingerprint density at radius 2 is 2.05 bits per heavy atom. The van der Waals surface area contributed by atoms with Crippen LogP contribution in [0.15, 0.2) is 34.5 Å². The molecule has 0 radical (unpaired) electrons. The molecule has 0 aliphatic rings. The highest BCUT2D eigenvalue weighted by atomic mass is 32.2. The van der Waals surface area contributed by atoms with E-state index < -0.39 is 10.0 Å². The molecule has 21 heavy (non-hydrogen) atoms. The van der Waals surface area contributed by atoms with Crippen molar-refractivity contribution in [2.75, 3.05) is 18.4 Å². The number of aryl methyl sites for hydroxylation is 1. The Balaban J connectivity index is 2.30. The molecule has 0 aliphatic heterocycles. The summed E-state index contributed by atoms with van der Waals surface area (Å²) >= 11 is 1.15. The fourth-order valence-electron chi connectivity index (χ4n) is 1.84. The molecule has 0 aliphatic carbocycles. The van der Waals surface area contributed by atoms with Gasteiger partial charge in [0.05, 0.1) is 12.8 Å². The largest absolute Gasteiger partial charge is 0.495 e. The second kappa shape index (κ2) is 6.46. The minimum atomic E-state index is -3.65. The maximum Gasteiger partial charge on any atom is 0.271 e. The maximum atomic E-state index is 12.4. The molecule has 0 unspecified atom stereocenters. The van der Waals surface area contributed by atoms with Gasteiger partial charge in [0.1, 0.15) is 9.96 Å². The number of methoxy groups -OCH3 is 1. The molecule has 2 rings (SSSR count). The number of aliphatic hydroxyl groups is 1. The highest BCUT2D eigenvalue weighted by Gasteiger charge is 2.19. The van der Waals surface area contributed by atoms with E-state index in [-0.39, 0.29) is 10.8 Å².